The zero-order valence-electron chi connectivity index (χ0n) is 9.31. The quantitative estimate of drug-likeness (QED) is 0.630. The molecule has 0 fully saturated rings. The maximum Gasteiger partial charge on any atom is 0.133 e. The van der Waals surface area contributed by atoms with Crippen molar-refractivity contribution in [2.75, 3.05) is 17.6 Å². The number of anilines is 2. The number of nitrogens with one attached hydrogen (secondary N) is 1. The summed E-state index contributed by atoms with van der Waals surface area (Å²) >= 11 is 5.80. The van der Waals surface area contributed by atoms with E-state index in [0.717, 1.165) is 19.5 Å². The van der Waals surface area contributed by atoms with Gasteiger partial charge < -0.3 is 11.1 Å². The number of nitrogens with zero attached hydrogens (tertiary/aromatic N) is 3. The van der Waals surface area contributed by atoms with Crippen molar-refractivity contribution >= 4 is 23.1 Å². The van der Waals surface area contributed by atoms with E-state index in [4.69, 9.17) is 17.3 Å². The predicted molar refractivity (Wildman–Crippen MR) is 69.0 cm³/mol. The van der Waals surface area contributed by atoms with Crippen LogP contribution in [0.3, 0.4) is 0 Å². The minimum Gasteiger partial charge on any atom is -0.399 e. The topological polar surface area (TPSA) is 68.8 Å². The fraction of sp³-hybridized carbons (Fsp3) is 0.273. The monoisotopic (exact) mass is 251 g/mol. The number of aryl methyl sites for hydroxylation is 1. The molecule has 0 saturated carbocycles. The van der Waals surface area contributed by atoms with Crippen LogP contribution in [0.4, 0.5) is 11.5 Å². The summed E-state index contributed by atoms with van der Waals surface area (Å²) in [5.74, 6) is 0.704. The van der Waals surface area contributed by atoms with Crippen LogP contribution in [0.25, 0.3) is 0 Å². The van der Waals surface area contributed by atoms with Crippen LogP contribution in [0.15, 0.2) is 30.6 Å². The third-order valence-corrected chi connectivity index (χ3v) is 2.44. The van der Waals surface area contributed by atoms with Gasteiger partial charge in [0.05, 0.1) is 0 Å². The van der Waals surface area contributed by atoms with E-state index in [-0.39, 0.29) is 0 Å². The van der Waals surface area contributed by atoms with Crippen LogP contribution in [0.5, 0.6) is 0 Å². The summed E-state index contributed by atoms with van der Waals surface area (Å²) in [6.45, 7) is 1.67. The first-order valence-electron chi connectivity index (χ1n) is 5.38. The van der Waals surface area contributed by atoms with Crippen LogP contribution in [0.2, 0.25) is 5.15 Å². The van der Waals surface area contributed by atoms with Crippen LogP contribution in [-0.4, -0.2) is 21.3 Å². The van der Waals surface area contributed by atoms with Gasteiger partial charge in [-0.1, -0.05) is 11.6 Å². The first-order chi connectivity index (χ1) is 8.24. The standard InChI is InChI=1S/C11H14ClN5/c12-10-7-9(13)8-11(16-10)14-3-1-5-17-6-2-4-15-17/h2,4,6-8H,1,3,5H2,(H3,13,14,16). The van der Waals surface area contributed by atoms with Gasteiger partial charge in [-0.05, 0) is 18.6 Å². The largest absolute Gasteiger partial charge is 0.399 e. The van der Waals surface area contributed by atoms with Crippen LogP contribution in [0.1, 0.15) is 6.42 Å². The number of hydrogen-bond acceptors (Lipinski definition) is 4. The number of nitrogens with two attached hydrogens (primary N) is 1. The van der Waals surface area contributed by atoms with Gasteiger partial charge in [-0.25, -0.2) is 4.98 Å². The highest BCUT2D eigenvalue weighted by molar-refractivity contribution is 6.29. The van der Waals surface area contributed by atoms with Crippen molar-refractivity contribution in [1.82, 2.24) is 14.8 Å². The molecule has 0 bridgehead atoms. The lowest BCUT2D eigenvalue weighted by molar-refractivity contribution is 0.591. The van der Waals surface area contributed by atoms with Crippen LogP contribution in [-0.2, 0) is 6.54 Å². The van der Waals surface area contributed by atoms with E-state index in [1.54, 1.807) is 18.3 Å². The maximum absolute atomic E-state index is 5.80. The number of halogens is 1. The molecule has 6 heteroatoms. The Labute approximate surface area is 105 Å². The summed E-state index contributed by atoms with van der Waals surface area (Å²) in [5.41, 5.74) is 6.27. The Balaban J connectivity index is 1.78. The second kappa shape index (κ2) is 5.54. The normalized spacial score (nSPS) is 10.4. The molecule has 0 amide bonds. The molecule has 2 aromatic rings. The van der Waals surface area contributed by atoms with E-state index in [1.165, 1.54) is 0 Å². The Morgan fingerprint density at radius 2 is 2.29 bits per heavy atom. The molecule has 2 rings (SSSR count). The van der Waals surface area contributed by atoms with E-state index in [1.807, 2.05) is 16.9 Å². The molecule has 3 N–H and O–H groups in total. The van der Waals surface area contributed by atoms with Gasteiger partial charge in [0.25, 0.3) is 0 Å². The summed E-state index contributed by atoms with van der Waals surface area (Å²) in [4.78, 5) is 4.12. The number of rotatable bonds is 5. The Morgan fingerprint density at radius 1 is 1.41 bits per heavy atom. The molecule has 0 aliphatic heterocycles. The molecule has 17 heavy (non-hydrogen) atoms. The highest BCUT2D eigenvalue weighted by Crippen LogP contribution is 2.15. The summed E-state index contributed by atoms with van der Waals surface area (Å²) in [6, 6.07) is 5.29. The Bertz CT molecular complexity index is 448. The van der Waals surface area contributed by atoms with Crippen molar-refractivity contribution in [2.24, 2.45) is 0 Å². The number of aromatic nitrogens is 3. The van der Waals surface area contributed by atoms with E-state index < -0.39 is 0 Å². The van der Waals surface area contributed by atoms with Gasteiger partial charge in [0, 0.05) is 37.2 Å². The molecule has 0 radical (unpaired) electrons. The van der Waals surface area contributed by atoms with Crippen molar-refractivity contribution in [3.8, 4) is 0 Å². The molecular formula is C11H14ClN5. The van der Waals surface area contributed by atoms with E-state index >= 15 is 0 Å². The highest BCUT2D eigenvalue weighted by Gasteiger charge is 1.98. The summed E-state index contributed by atoms with van der Waals surface area (Å²) < 4.78 is 1.89. The summed E-state index contributed by atoms with van der Waals surface area (Å²) in [6.07, 6.45) is 4.66. The number of nitrogen functional groups attached to an aromatic ring is 1. The fourth-order valence-electron chi connectivity index (χ4n) is 1.50. The molecule has 0 unspecified atom stereocenters. The molecule has 0 aromatic carbocycles. The van der Waals surface area contributed by atoms with Gasteiger partial charge in [0.2, 0.25) is 0 Å². The van der Waals surface area contributed by atoms with E-state index in [2.05, 4.69) is 15.4 Å². The Kier molecular flexibility index (Phi) is 3.82. The molecular weight excluding hydrogens is 238 g/mol. The zero-order valence-corrected chi connectivity index (χ0v) is 10.1. The molecule has 0 aliphatic rings. The second-order valence-corrected chi connectivity index (χ2v) is 4.05. The lowest BCUT2D eigenvalue weighted by Gasteiger charge is -2.06. The van der Waals surface area contributed by atoms with Crippen LogP contribution >= 0.6 is 11.6 Å². The van der Waals surface area contributed by atoms with E-state index in [0.29, 0.717) is 16.7 Å². The van der Waals surface area contributed by atoms with Crippen LogP contribution in [0, 0.1) is 0 Å². The minimum atomic E-state index is 0.402. The smallest absolute Gasteiger partial charge is 0.133 e. The highest BCUT2D eigenvalue weighted by atomic mass is 35.5. The molecule has 0 atom stereocenters. The average molecular weight is 252 g/mol. The third-order valence-electron chi connectivity index (χ3n) is 2.25. The van der Waals surface area contributed by atoms with Gasteiger partial charge in [0.15, 0.2) is 0 Å². The van der Waals surface area contributed by atoms with Gasteiger partial charge in [-0.15, -0.1) is 0 Å². The molecule has 5 nitrogen and oxygen atoms in total. The van der Waals surface area contributed by atoms with Crippen molar-refractivity contribution in [3.63, 3.8) is 0 Å². The lowest BCUT2D eigenvalue weighted by atomic mass is 10.3. The van der Waals surface area contributed by atoms with Crippen molar-refractivity contribution < 1.29 is 0 Å². The Morgan fingerprint density at radius 3 is 3.00 bits per heavy atom. The fourth-order valence-corrected chi connectivity index (χ4v) is 1.71. The zero-order chi connectivity index (χ0) is 12.1. The minimum absolute atomic E-state index is 0.402. The SMILES string of the molecule is Nc1cc(Cl)nc(NCCCn2cccn2)c1. The number of pyridine rings is 1. The van der Waals surface area contributed by atoms with Crippen LogP contribution < -0.4 is 11.1 Å². The second-order valence-electron chi connectivity index (χ2n) is 3.66. The Hall–Kier alpha value is -1.75. The molecule has 2 heterocycles. The first-order valence-corrected chi connectivity index (χ1v) is 5.76. The van der Waals surface area contributed by atoms with Gasteiger partial charge in [-0.2, -0.15) is 5.10 Å². The van der Waals surface area contributed by atoms with Crippen molar-refractivity contribution in [2.45, 2.75) is 13.0 Å². The summed E-state index contributed by atoms with van der Waals surface area (Å²) in [7, 11) is 0. The summed E-state index contributed by atoms with van der Waals surface area (Å²) in [5, 5.41) is 7.70. The predicted octanol–water partition coefficient (Wildman–Crippen LogP) is 2.02. The van der Waals surface area contributed by atoms with Gasteiger partial charge in [-0.3, -0.25) is 4.68 Å². The number of hydrogen-bond donors (Lipinski definition) is 2. The maximum atomic E-state index is 5.80. The lowest BCUT2D eigenvalue weighted by Crippen LogP contribution is -2.08. The van der Waals surface area contributed by atoms with E-state index in [9.17, 15) is 0 Å². The average Bonchev–Trinajstić information content (AvgIpc) is 2.76. The van der Waals surface area contributed by atoms with Gasteiger partial charge >= 0.3 is 0 Å². The third kappa shape index (κ3) is 3.64. The van der Waals surface area contributed by atoms with Crippen molar-refractivity contribution in [1.29, 1.82) is 0 Å². The van der Waals surface area contributed by atoms with Gasteiger partial charge in [0.1, 0.15) is 11.0 Å². The molecule has 0 aliphatic carbocycles. The molecule has 0 saturated heterocycles. The first kappa shape index (κ1) is 11.7. The molecule has 90 valence electrons. The molecule has 0 spiro atoms. The van der Waals surface area contributed by atoms with Crippen molar-refractivity contribution in [3.05, 3.63) is 35.7 Å². The molecule has 2 aromatic heterocycles.